The van der Waals surface area contributed by atoms with Crippen LogP contribution in [0.25, 0.3) is 0 Å². The Morgan fingerprint density at radius 1 is 1.04 bits per heavy atom. The lowest BCUT2D eigenvalue weighted by atomic mass is 10.1. The van der Waals surface area contributed by atoms with Gasteiger partial charge in [0.2, 0.25) is 5.75 Å². The SMILES string of the molecule is COc1cc(C(=O)NCCNC2CCCC2)cc(OC)c1OC. The zero-order valence-electron chi connectivity index (χ0n) is 14.1. The lowest BCUT2D eigenvalue weighted by Gasteiger charge is -2.15. The number of carbonyl (C=O) groups excluding carboxylic acids is 1. The summed E-state index contributed by atoms with van der Waals surface area (Å²) in [5, 5.41) is 6.38. The number of carbonyl (C=O) groups is 1. The van der Waals surface area contributed by atoms with Crippen molar-refractivity contribution in [2.24, 2.45) is 0 Å². The molecule has 0 aromatic heterocycles. The summed E-state index contributed by atoms with van der Waals surface area (Å²) >= 11 is 0. The van der Waals surface area contributed by atoms with Crippen LogP contribution in [0.4, 0.5) is 0 Å². The first-order valence-corrected chi connectivity index (χ1v) is 8.01. The molecule has 1 saturated carbocycles. The van der Waals surface area contributed by atoms with Crippen LogP contribution < -0.4 is 24.8 Å². The third kappa shape index (κ3) is 4.51. The maximum absolute atomic E-state index is 12.3. The fourth-order valence-electron chi connectivity index (χ4n) is 2.90. The predicted molar refractivity (Wildman–Crippen MR) is 88.7 cm³/mol. The zero-order valence-corrected chi connectivity index (χ0v) is 14.1. The summed E-state index contributed by atoms with van der Waals surface area (Å²) in [5.41, 5.74) is 0.486. The molecule has 0 saturated heterocycles. The normalized spacial score (nSPS) is 14.6. The van der Waals surface area contributed by atoms with Gasteiger partial charge in [0.15, 0.2) is 11.5 Å². The van der Waals surface area contributed by atoms with E-state index < -0.39 is 0 Å². The van der Waals surface area contributed by atoms with Crippen molar-refractivity contribution in [3.05, 3.63) is 17.7 Å². The molecular formula is C17H26N2O4. The highest BCUT2D eigenvalue weighted by Gasteiger charge is 2.17. The Morgan fingerprint density at radius 3 is 2.17 bits per heavy atom. The number of hydrogen-bond acceptors (Lipinski definition) is 5. The molecule has 0 heterocycles. The van der Waals surface area contributed by atoms with Gasteiger partial charge in [-0.25, -0.2) is 0 Å². The van der Waals surface area contributed by atoms with Crippen molar-refractivity contribution < 1.29 is 19.0 Å². The van der Waals surface area contributed by atoms with E-state index in [0.29, 0.717) is 35.4 Å². The van der Waals surface area contributed by atoms with E-state index in [2.05, 4.69) is 10.6 Å². The van der Waals surface area contributed by atoms with Gasteiger partial charge in [-0.15, -0.1) is 0 Å². The molecule has 1 aliphatic rings. The first-order chi connectivity index (χ1) is 11.2. The fourth-order valence-corrected chi connectivity index (χ4v) is 2.90. The lowest BCUT2D eigenvalue weighted by molar-refractivity contribution is 0.0952. The standard InChI is InChI=1S/C17H26N2O4/c1-21-14-10-12(11-15(22-2)16(14)23-3)17(20)19-9-8-18-13-6-4-5-7-13/h10-11,13,18H,4-9H2,1-3H3,(H,19,20). The molecule has 1 fully saturated rings. The second-order valence-corrected chi connectivity index (χ2v) is 5.61. The van der Waals surface area contributed by atoms with E-state index in [9.17, 15) is 4.79 Å². The van der Waals surface area contributed by atoms with Crippen LogP contribution in [0.1, 0.15) is 36.0 Å². The molecule has 1 aliphatic carbocycles. The Hall–Kier alpha value is -1.95. The van der Waals surface area contributed by atoms with E-state index in [-0.39, 0.29) is 5.91 Å². The van der Waals surface area contributed by atoms with Crippen molar-refractivity contribution in [2.75, 3.05) is 34.4 Å². The molecule has 0 atom stereocenters. The molecule has 6 nitrogen and oxygen atoms in total. The number of amides is 1. The Bertz CT molecular complexity index is 502. The first kappa shape index (κ1) is 17.4. The molecule has 23 heavy (non-hydrogen) atoms. The lowest BCUT2D eigenvalue weighted by Crippen LogP contribution is -2.35. The van der Waals surface area contributed by atoms with E-state index in [1.54, 1.807) is 12.1 Å². The van der Waals surface area contributed by atoms with Crippen molar-refractivity contribution in [3.8, 4) is 17.2 Å². The van der Waals surface area contributed by atoms with Crippen LogP contribution in [0.2, 0.25) is 0 Å². The van der Waals surface area contributed by atoms with Crippen LogP contribution in [0.3, 0.4) is 0 Å². The van der Waals surface area contributed by atoms with E-state index in [0.717, 1.165) is 6.54 Å². The maximum Gasteiger partial charge on any atom is 0.251 e. The molecule has 0 unspecified atom stereocenters. The third-order valence-corrected chi connectivity index (χ3v) is 4.13. The van der Waals surface area contributed by atoms with E-state index in [4.69, 9.17) is 14.2 Å². The molecule has 1 aromatic carbocycles. The highest BCUT2D eigenvalue weighted by Crippen LogP contribution is 2.38. The highest BCUT2D eigenvalue weighted by molar-refractivity contribution is 5.95. The van der Waals surface area contributed by atoms with Crippen molar-refractivity contribution in [3.63, 3.8) is 0 Å². The van der Waals surface area contributed by atoms with Gasteiger partial charge >= 0.3 is 0 Å². The number of benzene rings is 1. The van der Waals surface area contributed by atoms with Crippen LogP contribution in [0.5, 0.6) is 17.2 Å². The zero-order chi connectivity index (χ0) is 16.7. The molecule has 0 radical (unpaired) electrons. The molecule has 0 aliphatic heterocycles. The average molecular weight is 322 g/mol. The van der Waals surface area contributed by atoms with Gasteiger partial charge in [0.05, 0.1) is 21.3 Å². The van der Waals surface area contributed by atoms with Crippen LogP contribution >= 0.6 is 0 Å². The molecule has 6 heteroatoms. The molecule has 2 N–H and O–H groups in total. The number of methoxy groups -OCH3 is 3. The van der Waals surface area contributed by atoms with Crippen LogP contribution in [0.15, 0.2) is 12.1 Å². The van der Waals surface area contributed by atoms with Crippen molar-refractivity contribution in [1.29, 1.82) is 0 Å². The summed E-state index contributed by atoms with van der Waals surface area (Å²) in [4.78, 5) is 12.3. The molecule has 1 aromatic rings. The summed E-state index contributed by atoms with van der Waals surface area (Å²) in [5.74, 6) is 1.27. The second kappa shape index (κ2) is 8.62. The summed E-state index contributed by atoms with van der Waals surface area (Å²) < 4.78 is 15.8. The van der Waals surface area contributed by atoms with Gasteiger partial charge in [-0.3, -0.25) is 4.79 Å². The minimum absolute atomic E-state index is 0.155. The summed E-state index contributed by atoms with van der Waals surface area (Å²) in [6.07, 6.45) is 5.08. The van der Waals surface area contributed by atoms with E-state index in [1.807, 2.05) is 0 Å². The van der Waals surface area contributed by atoms with Crippen LogP contribution in [-0.2, 0) is 0 Å². The predicted octanol–water partition coefficient (Wildman–Crippen LogP) is 1.97. The monoisotopic (exact) mass is 322 g/mol. The topological polar surface area (TPSA) is 68.8 Å². The minimum Gasteiger partial charge on any atom is -0.493 e. The molecular weight excluding hydrogens is 296 g/mol. The van der Waals surface area contributed by atoms with Crippen LogP contribution in [-0.4, -0.2) is 46.4 Å². The maximum atomic E-state index is 12.3. The van der Waals surface area contributed by atoms with E-state index in [1.165, 1.54) is 47.0 Å². The Morgan fingerprint density at radius 2 is 1.65 bits per heavy atom. The third-order valence-electron chi connectivity index (χ3n) is 4.13. The minimum atomic E-state index is -0.155. The Kier molecular flexibility index (Phi) is 6.52. The summed E-state index contributed by atoms with van der Waals surface area (Å²) in [6, 6.07) is 3.91. The number of hydrogen-bond donors (Lipinski definition) is 2. The van der Waals surface area contributed by atoms with Gasteiger partial charge in [0, 0.05) is 24.7 Å². The Balaban J connectivity index is 1.92. The Labute approximate surface area is 137 Å². The van der Waals surface area contributed by atoms with Gasteiger partial charge in [0.1, 0.15) is 0 Å². The molecule has 128 valence electrons. The first-order valence-electron chi connectivity index (χ1n) is 8.01. The van der Waals surface area contributed by atoms with Gasteiger partial charge in [-0.2, -0.15) is 0 Å². The van der Waals surface area contributed by atoms with E-state index >= 15 is 0 Å². The number of nitrogens with one attached hydrogen (secondary N) is 2. The second-order valence-electron chi connectivity index (χ2n) is 5.61. The summed E-state index contributed by atoms with van der Waals surface area (Å²) in [6.45, 7) is 1.37. The summed E-state index contributed by atoms with van der Waals surface area (Å²) in [7, 11) is 4.60. The number of rotatable bonds is 8. The molecule has 0 spiro atoms. The molecule has 1 amide bonds. The van der Waals surface area contributed by atoms with Gasteiger partial charge in [0.25, 0.3) is 5.91 Å². The van der Waals surface area contributed by atoms with Gasteiger partial charge < -0.3 is 24.8 Å². The van der Waals surface area contributed by atoms with Crippen molar-refractivity contribution in [2.45, 2.75) is 31.7 Å². The van der Waals surface area contributed by atoms with Crippen LogP contribution in [0, 0.1) is 0 Å². The van der Waals surface area contributed by atoms with Crippen molar-refractivity contribution >= 4 is 5.91 Å². The quantitative estimate of drug-likeness (QED) is 0.716. The largest absolute Gasteiger partial charge is 0.493 e. The molecule has 0 bridgehead atoms. The average Bonchev–Trinajstić information content (AvgIpc) is 3.10. The van der Waals surface area contributed by atoms with Gasteiger partial charge in [-0.1, -0.05) is 12.8 Å². The van der Waals surface area contributed by atoms with Crippen molar-refractivity contribution in [1.82, 2.24) is 10.6 Å². The smallest absolute Gasteiger partial charge is 0.251 e. The highest BCUT2D eigenvalue weighted by atomic mass is 16.5. The number of ether oxygens (including phenoxy) is 3. The fraction of sp³-hybridized carbons (Fsp3) is 0.588. The van der Waals surface area contributed by atoms with Gasteiger partial charge in [-0.05, 0) is 25.0 Å². The molecule has 2 rings (SSSR count).